The van der Waals surface area contributed by atoms with E-state index >= 15 is 0 Å². The van der Waals surface area contributed by atoms with Gasteiger partial charge in [-0.15, -0.1) is 11.3 Å². The Labute approximate surface area is 104 Å². The van der Waals surface area contributed by atoms with E-state index in [1.54, 1.807) is 17.7 Å². The summed E-state index contributed by atoms with van der Waals surface area (Å²) in [5.74, 6) is 1.52. The molecular formula is C12H15N3OS. The molecule has 2 atom stereocenters. The summed E-state index contributed by atoms with van der Waals surface area (Å²) >= 11 is 1.64. The van der Waals surface area contributed by atoms with Crippen molar-refractivity contribution in [2.75, 3.05) is 18.5 Å². The van der Waals surface area contributed by atoms with Crippen molar-refractivity contribution < 1.29 is 4.74 Å². The molecule has 1 saturated heterocycles. The monoisotopic (exact) mass is 249 g/mol. The van der Waals surface area contributed by atoms with Crippen LogP contribution in [0.4, 0.5) is 5.82 Å². The fourth-order valence-electron chi connectivity index (χ4n) is 2.20. The smallest absolute Gasteiger partial charge is 0.138 e. The van der Waals surface area contributed by atoms with Gasteiger partial charge in [0, 0.05) is 19.1 Å². The number of anilines is 1. The summed E-state index contributed by atoms with van der Waals surface area (Å²) in [4.78, 5) is 9.59. The third kappa shape index (κ3) is 2.12. The second-order valence-electron chi connectivity index (χ2n) is 4.37. The summed E-state index contributed by atoms with van der Waals surface area (Å²) < 4.78 is 5.56. The van der Waals surface area contributed by atoms with Crippen molar-refractivity contribution in [2.45, 2.75) is 19.4 Å². The summed E-state index contributed by atoms with van der Waals surface area (Å²) in [6, 6.07) is 2.07. The minimum absolute atomic E-state index is 0.349. The second kappa shape index (κ2) is 4.58. The Kier molecular flexibility index (Phi) is 2.94. The van der Waals surface area contributed by atoms with Crippen LogP contribution in [0.1, 0.15) is 13.3 Å². The van der Waals surface area contributed by atoms with Crippen molar-refractivity contribution in [1.29, 1.82) is 0 Å². The summed E-state index contributed by atoms with van der Waals surface area (Å²) in [6.45, 7) is 3.94. The van der Waals surface area contributed by atoms with Gasteiger partial charge in [0.05, 0.1) is 11.5 Å². The van der Waals surface area contributed by atoms with Gasteiger partial charge >= 0.3 is 0 Å². The molecule has 0 amide bonds. The van der Waals surface area contributed by atoms with E-state index in [9.17, 15) is 0 Å². The Morgan fingerprint density at radius 3 is 3.29 bits per heavy atom. The molecule has 0 aromatic carbocycles. The average Bonchev–Trinajstić information content (AvgIpc) is 2.95. The van der Waals surface area contributed by atoms with Gasteiger partial charge in [-0.05, 0) is 24.8 Å². The molecule has 0 saturated carbocycles. The third-order valence-corrected chi connectivity index (χ3v) is 4.15. The Bertz CT molecular complexity index is 513. The highest BCUT2D eigenvalue weighted by Gasteiger charge is 2.24. The van der Waals surface area contributed by atoms with Crippen LogP contribution in [0.5, 0.6) is 0 Å². The maximum absolute atomic E-state index is 5.56. The molecule has 1 fully saturated rings. The molecule has 17 heavy (non-hydrogen) atoms. The number of ether oxygens (including phenoxy) is 1. The van der Waals surface area contributed by atoms with Gasteiger partial charge in [0.1, 0.15) is 17.0 Å². The quantitative estimate of drug-likeness (QED) is 0.908. The van der Waals surface area contributed by atoms with Crippen LogP contribution in [0.2, 0.25) is 0 Å². The highest BCUT2D eigenvalue weighted by Crippen LogP contribution is 2.25. The standard InChI is InChI=1S/C12H15N3OS/c1-8-9(2-4-16-8)6-13-11-10-3-5-17-12(10)15-7-14-11/h3,5,7-9H,2,4,6H2,1H3,(H,13,14,15). The van der Waals surface area contributed by atoms with Gasteiger partial charge in [-0.3, -0.25) is 0 Å². The predicted molar refractivity (Wildman–Crippen MR) is 69.4 cm³/mol. The van der Waals surface area contributed by atoms with Crippen LogP contribution in [0, 0.1) is 5.92 Å². The summed E-state index contributed by atoms with van der Waals surface area (Å²) in [6.07, 6.45) is 3.10. The topological polar surface area (TPSA) is 47.0 Å². The molecule has 5 heteroatoms. The van der Waals surface area contributed by atoms with Gasteiger partial charge in [0.2, 0.25) is 0 Å². The number of nitrogens with zero attached hydrogens (tertiary/aromatic N) is 2. The lowest BCUT2D eigenvalue weighted by molar-refractivity contribution is 0.108. The largest absolute Gasteiger partial charge is 0.378 e. The van der Waals surface area contributed by atoms with Crippen LogP contribution in [0.25, 0.3) is 10.2 Å². The van der Waals surface area contributed by atoms with Crippen molar-refractivity contribution in [3.8, 4) is 0 Å². The normalized spacial score (nSPS) is 24.3. The number of aromatic nitrogens is 2. The number of nitrogens with one attached hydrogen (secondary N) is 1. The lowest BCUT2D eigenvalue weighted by Crippen LogP contribution is -2.21. The molecular weight excluding hydrogens is 234 g/mol. The first-order valence-corrected chi connectivity index (χ1v) is 6.76. The van der Waals surface area contributed by atoms with Crippen LogP contribution in [-0.4, -0.2) is 29.2 Å². The molecule has 3 rings (SSSR count). The van der Waals surface area contributed by atoms with E-state index in [1.807, 2.05) is 5.38 Å². The van der Waals surface area contributed by atoms with Crippen LogP contribution >= 0.6 is 11.3 Å². The Hall–Kier alpha value is -1.20. The molecule has 90 valence electrons. The fourth-order valence-corrected chi connectivity index (χ4v) is 2.94. The molecule has 0 aliphatic carbocycles. The molecule has 0 radical (unpaired) electrons. The first-order chi connectivity index (χ1) is 8.34. The molecule has 1 aliphatic heterocycles. The maximum atomic E-state index is 5.56. The number of rotatable bonds is 3. The molecule has 4 nitrogen and oxygen atoms in total. The van der Waals surface area contributed by atoms with E-state index in [0.29, 0.717) is 12.0 Å². The molecule has 3 heterocycles. The van der Waals surface area contributed by atoms with E-state index < -0.39 is 0 Å². The van der Waals surface area contributed by atoms with Crippen molar-refractivity contribution in [3.05, 3.63) is 17.8 Å². The molecule has 2 unspecified atom stereocenters. The van der Waals surface area contributed by atoms with E-state index in [2.05, 4.69) is 28.3 Å². The fraction of sp³-hybridized carbons (Fsp3) is 0.500. The second-order valence-corrected chi connectivity index (χ2v) is 5.26. The van der Waals surface area contributed by atoms with Gasteiger partial charge in [-0.25, -0.2) is 9.97 Å². The Balaban J connectivity index is 1.74. The minimum atomic E-state index is 0.349. The van der Waals surface area contributed by atoms with Crippen molar-refractivity contribution in [3.63, 3.8) is 0 Å². The van der Waals surface area contributed by atoms with Crippen LogP contribution in [0.3, 0.4) is 0 Å². The van der Waals surface area contributed by atoms with Crippen molar-refractivity contribution in [1.82, 2.24) is 9.97 Å². The van der Waals surface area contributed by atoms with E-state index in [0.717, 1.165) is 35.6 Å². The molecule has 2 aromatic heterocycles. The molecule has 1 N–H and O–H groups in total. The van der Waals surface area contributed by atoms with Gasteiger partial charge in [-0.1, -0.05) is 0 Å². The zero-order chi connectivity index (χ0) is 11.7. The summed E-state index contributed by atoms with van der Waals surface area (Å²) in [5, 5.41) is 6.58. The molecule has 0 bridgehead atoms. The van der Waals surface area contributed by atoms with Gasteiger partial charge in [0.15, 0.2) is 0 Å². The maximum Gasteiger partial charge on any atom is 0.138 e. The Morgan fingerprint density at radius 1 is 1.53 bits per heavy atom. The predicted octanol–water partition coefficient (Wildman–Crippen LogP) is 2.53. The van der Waals surface area contributed by atoms with E-state index in [1.165, 1.54) is 0 Å². The number of hydrogen-bond donors (Lipinski definition) is 1. The molecule has 1 aliphatic rings. The van der Waals surface area contributed by atoms with Crippen LogP contribution in [0.15, 0.2) is 17.8 Å². The SMILES string of the molecule is CC1OCCC1CNc1ncnc2sccc12. The third-order valence-electron chi connectivity index (χ3n) is 3.33. The highest BCUT2D eigenvalue weighted by atomic mass is 32.1. The molecule has 2 aromatic rings. The van der Waals surface area contributed by atoms with E-state index in [-0.39, 0.29) is 0 Å². The first kappa shape index (κ1) is 10.9. The number of thiophene rings is 1. The van der Waals surface area contributed by atoms with E-state index in [4.69, 9.17) is 4.74 Å². The van der Waals surface area contributed by atoms with Crippen LogP contribution < -0.4 is 5.32 Å². The lowest BCUT2D eigenvalue weighted by atomic mass is 10.0. The minimum Gasteiger partial charge on any atom is -0.378 e. The zero-order valence-electron chi connectivity index (χ0n) is 9.72. The van der Waals surface area contributed by atoms with Gasteiger partial charge in [-0.2, -0.15) is 0 Å². The first-order valence-electron chi connectivity index (χ1n) is 5.88. The zero-order valence-corrected chi connectivity index (χ0v) is 10.5. The summed E-state index contributed by atoms with van der Waals surface area (Å²) in [7, 11) is 0. The summed E-state index contributed by atoms with van der Waals surface area (Å²) in [5.41, 5.74) is 0. The van der Waals surface area contributed by atoms with Crippen molar-refractivity contribution in [2.24, 2.45) is 5.92 Å². The van der Waals surface area contributed by atoms with Crippen LogP contribution in [-0.2, 0) is 4.74 Å². The average molecular weight is 249 g/mol. The van der Waals surface area contributed by atoms with Gasteiger partial charge in [0.25, 0.3) is 0 Å². The highest BCUT2D eigenvalue weighted by molar-refractivity contribution is 7.16. The van der Waals surface area contributed by atoms with Crippen molar-refractivity contribution >= 4 is 27.4 Å². The Morgan fingerprint density at radius 2 is 2.47 bits per heavy atom. The molecule has 0 spiro atoms. The number of hydrogen-bond acceptors (Lipinski definition) is 5. The lowest BCUT2D eigenvalue weighted by Gasteiger charge is -2.15. The van der Waals surface area contributed by atoms with Gasteiger partial charge < -0.3 is 10.1 Å². The number of fused-ring (bicyclic) bond motifs is 1.